The molecule has 2 aromatic rings. The molecule has 0 unspecified atom stereocenters. The van der Waals surface area contributed by atoms with Crippen LogP contribution in [-0.4, -0.2) is 17.1 Å². The molecule has 8 heteroatoms. The first kappa shape index (κ1) is 13.5. The van der Waals surface area contributed by atoms with Gasteiger partial charge in [-0.25, -0.2) is 20.2 Å². The topological polar surface area (TPSA) is 85.1 Å². The average Bonchev–Trinajstić information content (AvgIpc) is 2.41. The van der Waals surface area contributed by atoms with E-state index in [9.17, 15) is 4.39 Å². The quantitative estimate of drug-likeness (QED) is 0.590. The van der Waals surface area contributed by atoms with Gasteiger partial charge in [0.2, 0.25) is 5.75 Å². The van der Waals surface area contributed by atoms with E-state index in [1.165, 1.54) is 25.6 Å². The molecule has 0 saturated carbocycles. The fourth-order valence-corrected chi connectivity index (χ4v) is 1.93. The number of ether oxygens (including phenoxy) is 1. The maximum Gasteiger partial charge on any atom is 0.205 e. The van der Waals surface area contributed by atoms with Crippen molar-refractivity contribution in [2.75, 3.05) is 17.9 Å². The molecular weight excluding hydrogens is 317 g/mol. The fourth-order valence-electron chi connectivity index (χ4n) is 1.48. The number of nitrogens with zero attached hydrogens (tertiary/aromatic N) is 2. The molecule has 1 aromatic carbocycles. The number of anilines is 3. The Hall–Kier alpha value is -1.93. The van der Waals surface area contributed by atoms with Gasteiger partial charge in [-0.15, -0.1) is 0 Å². The third kappa shape index (κ3) is 2.91. The highest BCUT2D eigenvalue weighted by Crippen LogP contribution is 2.33. The van der Waals surface area contributed by atoms with Crippen LogP contribution < -0.4 is 21.3 Å². The number of benzene rings is 1. The first-order chi connectivity index (χ1) is 9.15. The average molecular weight is 328 g/mol. The number of aromatic nitrogens is 2. The van der Waals surface area contributed by atoms with Crippen molar-refractivity contribution in [2.24, 2.45) is 5.84 Å². The largest absolute Gasteiger partial charge is 0.490 e. The Morgan fingerprint density at radius 2 is 2.05 bits per heavy atom. The maximum atomic E-state index is 13.0. The number of hydrogen-bond acceptors (Lipinski definition) is 6. The van der Waals surface area contributed by atoms with Gasteiger partial charge in [-0.3, -0.25) is 0 Å². The summed E-state index contributed by atoms with van der Waals surface area (Å²) in [6.45, 7) is 0. The van der Waals surface area contributed by atoms with Crippen LogP contribution in [0.5, 0.6) is 5.75 Å². The Labute approximate surface area is 117 Å². The molecule has 6 nitrogen and oxygen atoms in total. The molecule has 1 heterocycles. The standard InChI is InChI=1S/C11H11BrFN5O/c1-19-9-10(15-5-16-11(9)18-14)17-8-3-2-6(13)4-7(8)12/h2-5H,14H2,1H3,(H2,15,16,17,18). The van der Waals surface area contributed by atoms with E-state index in [4.69, 9.17) is 10.6 Å². The predicted octanol–water partition coefficient (Wildman–Crippen LogP) is 2.42. The van der Waals surface area contributed by atoms with Crippen molar-refractivity contribution in [1.29, 1.82) is 0 Å². The predicted molar refractivity (Wildman–Crippen MR) is 73.8 cm³/mol. The Balaban J connectivity index is 2.37. The van der Waals surface area contributed by atoms with Crippen LogP contribution in [0.4, 0.5) is 21.7 Å². The summed E-state index contributed by atoms with van der Waals surface area (Å²) in [6, 6.07) is 4.26. The van der Waals surface area contributed by atoms with Crippen LogP contribution in [0, 0.1) is 5.82 Å². The van der Waals surface area contributed by atoms with E-state index in [0.717, 1.165) is 0 Å². The molecule has 0 bridgehead atoms. The Morgan fingerprint density at radius 1 is 1.32 bits per heavy atom. The number of hydrazine groups is 1. The zero-order valence-corrected chi connectivity index (χ0v) is 11.5. The second-order valence-electron chi connectivity index (χ2n) is 3.50. The Kier molecular flexibility index (Phi) is 4.13. The van der Waals surface area contributed by atoms with Crippen molar-refractivity contribution in [3.8, 4) is 5.75 Å². The van der Waals surface area contributed by atoms with Crippen molar-refractivity contribution in [3.63, 3.8) is 0 Å². The molecule has 0 aliphatic rings. The van der Waals surface area contributed by atoms with Crippen LogP contribution in [0.15, 0.2) is 29.0 Å². The number of methoxy groups -OCH3 is 1. The van der Waals surface area contributed by atoms with Gasteiger partial charge >= 0.3 is 0 Å². The molecule has 2 rings (SSSR count). The summed E-state index contributed by atoms with van der Waals surface area (Å²) in [5.41, 5.74) is 3.05. The van der Waals surface area contributed by atoms with Gasteiger partial charge in [-0.05, 0) is 34.1 Å². The highest BCUT2D eigenvalue weighted by Gasteiger charge is 2.12. The summed E-state index contributed by atoms with van der Waals surface area (Å²) in [5.74, 6) is 6.12. The summed E-state index contributed by atoms with van der Waals surface area (Å²) in [5, 5.41) is 3.01. The second kappa shape index (κ2) is 5.81. The molecule has 0 amide bonds. The van der Waals surface area contributed by atoms with Crippen LogP contribution in [0.25, 0.3) is 0 Å². The van der Waals surface area contributed by atoms with Crippen molar-refractivity contribution < 1.29 is 9.13 Å². The summed E-state index contributed by atoms with van der Waals surface area (Å²) in [6.07, 6.45) is 1.33. The van der Waals surface area contributed by atoms with Crippen LogP contribution in [0.2, 0.25) is 0 Å². The van der Waals surface area contributed by atoms with Crippen LogP contribution in [-0.2, 0) is 0 Å². The van der Waals surface area contributed by atoms with Crippen LogP contribution >= 0.6 is 15.9 Å². The van der Waals surface area contributed by atoms with Crippen molar-refractivity contribution in [1.82, 2.24) is 9.97 Å². The highest BCUT2D eigenvalue weighted by atomic mass is 79.9. The third-order valence-electron chi connectivity index (χ3n) is 2.33. The summed E-state index contributed by atoms with van der Waals surface area (Å²) in [4.78, 5) is 7.98. The first-order valence-electron chi connectivity index (χ1n) is 5.23. The Bertz CT molecular complexity index is 595. The number of nitrogens with two attached hydrogens (primary N) is 1. The van der Waals surface area contributed by atoms with E-state index in [1.54, 1.807) is 6.07 Å². The van der Waals surface area contributed by atoms with Crippen LogP contribution in [0.3, 0.4) is 0 Å². The first-order valence-corrected chi connectivity index (χ1v) is 6.02. The smallest absolute Gasteiger partial charge is 0.205 e. The van der Waals surface area contributed by atoms with E-state index < -0.39 is 0 Å². The highest BCUT2D eigenvalue weighted by molar-refractivity contribution is 9.10. The van der Waals surface area contributed by atoms with E-state index >= 15 is 0 Å². The van der Waals surface area contributed by atoms with E-state index in [0.29, 0.717) is 27.5 Å². The van der Waals surface area contributed by atoms with E-state index in [1.807, 2.05) is 0 Å². The lowest BCUT2D eigenvalue weighted by molar-refractivity contribution is 0.415. The monoisotopic (exact) mass is 327 g/mol. The molecule has 0 spiro atoms. The molecular formula is C11H11BrFN5O. The molecule has 0 atom stereocenters. The summed E-state index contributed by atoms with van der Waals surface area (Å²) < 4.78 is 18.8. The van der Waals surface area contributed by atoms with Gasteiger partial charge in [-0.2, -0.15) is 0 Å². The number of nitrogens with one attached hydrogen (secondary N) is 2. The van der Waals surface area contributed by atoms with Gasteiger partial charge in [0.15, 0.2) is 11.6 Å². The molecule has 19 heavy (non-hydrogen) atoms. The fraction of sp³-hybridized carbons (Fsp3) is 0.0909. The van der Waals surface area contributed by atoms with E-state index in [-0.39, 0.29) is 5.82 Å². The third-order valence-corrected chi connectivity index (χ3v) is 2.98. The molecule has 100 valence electrons. The number of nitrogen functional groups attached to an aromatic ring is 1. The molecule has 1 aromatic heterocycles. The lowest BCUT2D eigenvalue weighted by Crippen LogP contribution is -2.11. The molecule has 0 radical (unpaired) electrons. The minimum absolute atomic E-state index is 0.337. The number of rotatable bonds is 4. The molecule has 0 saturated heterocycles. The number of halogens is 2. The minimum atomic E-state index is -0.337. The molecule has 0 fully saturated rings. The zero-order chi connectivity index (χ0) is 13.8. The van der Waals surface area contributed by atoms with E-state index in [2.05, 4.69) is 36.6 Å². The number of hydrogen-bond donors (Lipinski definition) is 3. The SMILES string of the molecule is COc1c(NN)ncnc1Nc1ccc(F)cc1Br. The lowest BCUT2D eigenvalue weighted by atomic mass is 10.3. The van der Waals surface area contributed by atoms with Gasteiger partial charge in [0.1, 0.15) is 12.1 Å². The van der Waals surface area contributed by atoms with Gasteiger partial charge in [0, 0.05) is 4.47 Å². The van der Waals surface area contributed by atoms with Gasteiger partial charge in [0.25, 0.3) is 0 Å². The van der Waals surface area contributed by atoms with Crippen LogP contribution in [0.1, 0.15) is 0 Å². The second-order valence-corrected chi connectivity index (χ2v) is 4.35. The van der Waals surface area contributed by atoms with Crippen molar-refractivity contribution in [2.45, 2.75) is 0 Å². The minimum Gasteiger partial charge on any atom is -0.490 e. The maximum absolute atomic E-state index is 13.0. The van der Waals surface area contributed by atoms with Gasteiger partial charge in [0.05, 0.1) is 12.8 Å². The molecule has 0 aliphatic carbocycles. The Morgan fingerprint density at radius 3 is 2.68 bits per heavy atom. The normalized spacial score (nSPS) is 10.1. The van der Waals surface area contributed by atoms with Gasteiger partial charge < -0.3 is 15.5 Å². The summed E-state index contributed by atoms with van der Waals surface area (Å²) in [7, 11) is 1.48. The molecule has 0 aliphatic heterocycles. The molecule has 4 N–H and O–H groups in total. The zero-order valence-electron chi connectivity index (χ0n) is 9.95. The lowest BCUT2D eigenvalue weighted by Gasteiger charge is -2.13. The van der Waals surface area contributed by atoms with Gasteiger partial charge in [-0.1, -0.05) is 0 Å². The van der Waals surface area contributed by atoms with Crippen molar-refractivity contribution in [3.05, 3.63) is 34.8 Å². The summed E-state index contributed by atoms with van der Waals surface area (Å²) >= 11 is 3.26. The van der Waals surface area contributed by atoms with Crippen molar-refractivity contribution >= 4 is 33.3 Å².